The maximum atomic E-state index is 13.5. The van der Waals surface area contributed by atoms with E-state index in [0.29, 0.717) is 5.56 Å². The molecule has 8 nitrogen and oxygen atoms in total. The summed E-state index contributed by atoms with van der Waals surface area (Å²) in [7, 11) is 0. The number of halogens is 1. The molecule has 26 heavy (non-hydrogen) atoms. The van der Waals surface area contributed by atoms with Gasteiger partial charge in [0.1, 0.15) is 17.4 Å². The van der Waals surface area contributed by atoms with Crippen LogP contribution in [0.4, 0.5) is 15.8 Å². The summed E-state index contributed by atoms with van der Waals surface area (Å²) in [5.74, 6) is -2.77. The Balaban J connectivity index is 1.67. The van der Waals surface area contributed by atoms with Crippen LogP contribution in [0.3, 0.4) is 0 Å². The first-order chi connectivity index (χ1) is 12.5. The highest BCUT2D eigenvalue weighted by atomic mass is 19.1. The van der Waals surface area contributed by atoms with E-state index in [9.17, 15) is 24.1 Å². The third-order valence-corrected chi connectivity index (χ3v) is 4.25. The van der Waals surface area contributed by atoms with Crippen LogP contribution >= 0.6 is 0 Å². The van der Waals surface area contributed by atoms with E-state index in [-0.39, 0.29) is 17.1 Å². The quantitative estimate of drug-likeness (QED) is 0.476. The molecule has 4 rings (SSSR count). The minimum absolute atomic E-state index is 0.111. The summed E-state index contributed by atoms with van der Waals surface area (Å²) >= 11 is 0. The fourth-order valence-electron chi connectivity index (χ4n) is 3.04. The zero-order chi connectivity index (χ0) is 18.4. The minimum Gasteiger partial charge on any atom is -0.381 e. The van der Waals surface area contributed by atoms with Crippen LogP contribution in [-0.4, -0.2) is 28.6 Å². The number of carbonyl (C=O) groups is 2. The van der Waals surface area contributed by atoms with E-state index in [1.807, 2.05) is 0 Å². The first kappa shape index (κ1) is 15.9. The van der Waals surface area contributed by atoms with Crippen LogP contribution in [0.1, 0.15) is 5.56 Å². The molecule has 130 valence electrons. The van der Waals surface area contributed by atoms with Crippen LogP contribution < -0.4 is 4.90 Å². The molecule has 2 atom stereocenters. The molecule has 1 fully saturated rings. The standard InChI is InChI=1S/C17H10FN3O5/c18-10-2-1-3-12(8-10)20-16(22)13-14(19-26-15(13)17(20)23)9-4-6-11(7-5-9)21(24)25/h1-8,13,15H. The maximum absolute atomic E-state index is 13.5. The highest BCUT2D eigenvalue weighted by Gasteiger charge is 2.56. The van der Waals surface area contributed by atoms with Gasteiger partial charge in [0.2, 0.25) is 12.0 Å². The highest BCUT2D eigenvalue weighted by molar-refractivity contribution is 6.32. The lowest BCUT2D eigenvalue weighted by molar-refractivity contribution is -0.384. The Morgan fingerprint density at radius 3 is 2.50 bits per heavy atom. The predicted molar refractivity (Wildman–Crippen MR) is 86.9 cm³/mol. The Morgan fingerprint density at radius 1 is 1.12 bits per heavy atom. The van der Waals surface area contributed by atoms with E-state index in [1.54, 1.807) is 0 Å². The molecule has 2 heterocycles. The van der Waals surface area contributed by atoms with E-state index in [0.717, 1.165) is 11.0 Å². The van der Waals surface area contributed by atoms with Crippen molar-refractivity contribution in [1.29, 1.82) is 0 Å². The number of hydrogen-bond acceptors (Lipinski definition) is 6. The smallest absolute Gasteiger partial charge is 0.278 e. The Kier molecular flexibility index (Phi) is 3.50. The van der Waals surface area contributed by atoms with E-state index in [4.69, 9.17) is 4.84 Å². The lowest BCUT2D eigenvalue weighted by Gasteiger charge is -2.15. The highest BCUT2D eigenvalue weighted by Crippen LogP contribution is 2.35. The van der Waals surface area contributed by atoms with Gasteiger partial charge in [0.05, 0.1) is 10.6 Å². The van der Waals surface area contributed by atoms with Crippen molar-refractivity contribution >= 4 is 28.9 Å². The first-order valence-corrected chi connectivity index (χ1v) is 7.59. The number of fused-ring (bicyclic) bond motifs is 1. The molecule has 0 aliphatic carbocycles. The van der Waals surface area contributed by atoms with Crippen molar-refractivity contribution < 1.29 is 23.7 Å². The lowest BCUT2D eigenvalue weighted by atomic mass is 9.94. The SMILES string of the molecule is O=C1C2ON=C(c3ccc([N+](=O)[O-])cc3)C2C(=O)N1c1cccc(F)c1. The monoisotopic (exact) mass is 355 g/mol. The molecule has 0 aromatic heterocycles. The Bertz CT molecular complexity index is 973. The summed E-state index contributed by atoms with van der Waals surface area (Å²) in [6, 6.07) is 10.5. The number of nitro groups is 1. The van der Waals surface area contributed by atoms with Gasteiger partial charge in [-0.25, -0.2) is 9.29 Å². The second-order valence-electron chi connectivity index (χ2n) is 5.78. The van der Waals surface area contributed by atoms with Gasteiger partial charge in [0.25, 0.3) is 11.6 Å². The summed E-state index contributed by atoms with van der Waals surface area (Å²) in [6.07, 6.45) is -1.13. The first-order valence-electron chi connectivity index (χ1n) is 7.59. The van der Waals surface area contributed by atoms with Crippen molar-refractivity contribution in [3.63, 3.8) is 0 Å². The number of imide groups is 1. The third kappa shape index (κ3) is 2.32. The van der Waals surface area contributed by atoms with Gasteiger partial charge in [-0.15, -0.1) is 0 Å². The van der Waals surface area contributed by atoms with Gasteiger partial charge in [-0.2, -0.15) is 0 Å². The fourth-order valence-corrected chi connectivity index (χ4v) is 3.04. The fraction of sp³-hybridized carbons (Fsp3) is 0.118. The molecule has 0 saturated carbocycles. The Morgan fingerprint density at radius 2 is 1.85 bits per heavy atom. The molecule has 2 amide bonds. The molecule has 2 aromatic rings. The number of rotatable bonds is 3. The molecule has 0 spiro atoms. The number of amides is 2. The number of benzene rings is 2. The summed E-state index contributed by atoms with van der Waals surface area (Å²) < 4.78 is 13.5. The van der Waals surface area contributed by atoms with Crippen molar-refractivity contribution in [2.24, 2.45) is 11.1 Å². The van der Waals surface area contributed by atoms with Crippen LogP contribution in [0.2, 0.25) is 0 Å². The number of anilines is 1. The summed E-state index contributed by atoms with van der Waals surface area (Å²) in [4.78, 5) is 41.5. The molecule has 0 N–H and O–H groups in total. The predicted octanol–water partition coefficient (Wildman–Crippen LogP) is 2.03. The van der Waals surface area contributed by atoms with Gasteiger partial charge in [0.15, 0.2) is 0 Å². The second-order valence-corrected chi connectivity index (χ2v) is 5.78. The van der Waals surface area contributed by atoms with E-state index < -0.39 is 34.6 Å². The van der Waals surface area contributed by atoms with Gasteiger partial charge in [0, 0.05) is 17.7 Å². The summed E-state index contributed by atoms with van der Waals surface area (Å²) in [5.41, 5.74) is 0.647. The zero-order valence-corrected chi connectivity index (χ0v) is 13.0. The number of nitrogens with zero attached hydrogens (tertiary/aromatic N) is 3. The number of oxime groups is 1. The van der Waals surface area contributed by atoms with Crippen molar-refractivity contribution in [3.8, 4) is 0 Å². The Hall–Kier alpha value is -3.62. The normalized spacial score (nSPS) is 21.4. The maximum Gasteiger partial charge on any atom is 0.278 e. The van der Waals surface area contributed by atoms with Crippen LogP contribution in [-0.2, 0) is 14.4 Å². The number of non-ortho nitro benzene ring substituents is 1. The Labute approximate surface area is 145 Å². The van der Waals surface area contributed by atoms with Crippen LogP contribution in [0.5, 0.6) is 0 Å². The molecule has 0 bridgehead atoms. The molecule has 2 aliphatic rings. The summed E-state index contributed by atoms with van der Waals surface area (Å²) in [6.45, 7) is 0. The van der Waals surface area contributed by atoms with E-state index >= 15 is 0 Å². The minimum atomic E-state index is -1.13. The van der Waals surface area contributed by atoms with Crippen molar-refractivity contribution in [2.45, 2.75) is 6.10 Å². The van der Waals surface area contributed by atoms with Crippen molar-refractivity contribution in [1.82, 2.24) is 0 Å². The number of hydrogen-bond donors (Lipinski definition) is 0. The van der Waals surface area contributed by atoms with Gasteiger partial charge in [-0.05, 0) is 30.3 Å². The van der Waals surface area contributed by atoms with E-state index in [1.165, 1.54) is 42.5 Å². The van der Waals surface area contributed by atoms with Gasteiger partial charge < -0.3 is 4.84 Å². The molecular weight excluding hydrogens is 345 g/mol. The van der Waals surface area contributed by atoms with Crippen molar-refractivity contribution in [2.75, 3.05) is 4.90 Å². The average molecular weight is 355 g/mol. The lowest BCUT2D eigenvalue weighted by Crippen LogP contribution is -2.33. The molecule has 1 saturated heterocycles. The number of carbonyl (C=O) groups excluding carboxylic acids is 2. The largest absolute Gasteiger partial charge is 0.381 e. The summed E-state index contributed by atoms with van der Waals surface area (Å²) in [5, 5.41) is 14.6. The second kappa shape index (κ2) is 5.73. The molecule has 2 unspecified atom stereocenters. The molecule has 9 heteroatoms. The van der Waals surface area contributed by atoms with Gasteiger partial charge in [-0.1, -0.05) is 11.2 Å². The van der Waals surface area contributed by atoms with Gasteiger partial charge >= 0.3 is 0 Å². The third-order valence-electron chi connectivity index (χ3n) is 4.25. The number of nitro benzene ring substituents is 1. The molecular formula is C17H10FN3O5. The molecule has 2 aromatic carbocycles. The zero-order valence-electron chi connectivity index (χ0n) is 13.0. The average Bonchev–Trinajstić information content (AvgIpc) is 3.16. The van der Waals surface area contributed by atoms with Crippen LogP contribution in [0, 0.1) is 21.8 Å². The van der Waals surface area contributed by atoms with E-state index in [2.05, 4.69) is 5.16 Å². The van der Waals surface area contributed by atoms with Gasteiger partial charge in [-0.3, -0.25) is 19.7 Å². The molecule has 0 radical (unpaired) electrons. The topological polar surface area (TPSA) is 102 Å². The van der Waals surface area contributed by atoms with Crippen LogP contribution in [0.25, 0.3) is 0 Å². The van der Waals surface area contributed by atoms with Crippen molar-refractivity contribution in [3.05, 3.63) is 70.0 Å². The van der Waals surface area contributed by atoms with Crippen LogP contribution in [0.15, 0.2) is 53.7 Å². The molecule has 2 aliphatic heterocycles.